The molecule has 0 bridgehead atoms. The first-order valence-electron chi connectivity index (χ1n) is 5.38. The third kappa shape index (κ3) is 1.44. The Hall–Kier alpha value is -1.61. The third-order valence-corrected chi connectivity index (χ3v) is 3.65. The van der Waals surface area contributed by atoms with Crippen molar-refractivity contribution in [1.82, 2.24) is 9.38 Å². The molecule has 1 aromatic carbocycles. The molecule has 0 saturated carbocycles. The molecule has 3 rings (SSSR count). The van der Waals surface area contributed by atoms with Crippen molar-refractivity contribution in [3.8, 4) is 11.3 Å². The van der Waals surface area contributed by atoms with Crippen molar-refractivity contribution >= 4 is 16.3 Å². The van der Waals surface area contributed by atoms with E-state index < -0.39 is 0 Å². The van der Waals surface area contributed by atoms with Gasteiger partial charge >= 0.3 is 0 Å². The van der Waals surface area contributed by atoms with Gasteiger partial charge in [-0.1, -0.05) is 31.2 Å². The average molecular weight is 228 g/mol. The van der Waals surface area contributed by atoms with E-state index in [1.165, 1.54) is 16.8 Å². The lowest BCUT2D eigenvalue weighted by Gasteiger charge is -2.01. The van der Waals surface area contributed by atoms with Gasteiger partial charge in [0.05, 0.1) is 5.69 Å². The van der Waals surface area contributed by atoms with Crippen molar-refractivity contribution in [2.45, 2.75) is 13.3 Å². The number of thiazole rings is 1. The number of hydrogen-bond acceptors (Lipinski definition) is 2. The van der Waals surface area contributed by atoms with Crippen LogP contribution in [0, 0.1) is 0 Å². The summed E-state index contributed by atoms with van der Waals surface area (Å²) >= 11 is 1.68. The third-order valence-electron chi connectivity index (χ3n) is 2.80. The van der Waals surface area contributed by atoms with Crippen LogP contribution in [0.15, 0.2) is 42.0 Å². The Kier molecular flexibility index (Phi) is 2.26. The van der Waals surface area contributed by atoms with Gasteiger partial charge in [-0.15, -0.1) is 11.3 Å². The molecule has 16 heavy (non-hydrogen) atoms. The molecule has 0 fully saturated rings. The zero-order valence-corrected chi connectivity index (χ0v) is 9.87. The molecular weight excluding hydrogens is 216 g/mol. The Bertz CT molecular complexity index is 604. The molecular formula is C13H12N2S. The molecule has 0 radical (unpaired) electrons. The first-order chi connectivity index (χ1) is 7.88. The van der Waals surface area contributed by atoms with Crippen molar-refractivity contribution in [2.75, 3.05) is 0 Å². The summed E-state index contributed by atoms with van der Waals surface area (Å²) in [5.41, 5.74) is 3.85. The number of fused-ring (bicyclic) bond motifs is 1. The van der Waals surface area contributed by atoms with Crippen LogP contribution in [0.3, 0.4) is 0 Å². The average Bonchev–Trinajstić information content (AvgIpc) is 2.91. The summed E-state index contributed by atoms with van der Waals surface area (Å²) in [7, 11) is 0. The second-order valence-electron chi connectivity index (χ2n) is 3.75. The van der Waals surface area contributed by atoms with Gasteiger partial charge in [0, 0.05) is 17.8 Å². The summed E-state index contributed by atoms with van der Waals surface area (Å²) < 4.78 is 2.13. The highest BCUT2D eigenvalue weighted by Crippen LogP contribution is 2.25. The molecule has 0 aliphatic heterocycles. The molecule has 2 nitrogen and oxygen atoms in total. The number of hydrogen-bond donors (Lipinski definition) is 0. The summed E-state index contributed by atoms with van der Waals surface area (Å²) in [6, 6.07) is 8.74. The van der Waals surface area contributed by atoms with Gasteiger partial charge < -0.3 is 0 Å². The lowest BCUT2D eigenvalue weighted by atomic mass is 10.1. The predicted octanol–water partition coefficient (Wildman–Crippen LogP) is 3.63. The van der Waals surface area contributed by atoms with Crippen LogP contribution in [-0.4, -0.2) is 9.38 Å². The summed E-state index contributed by atoms with van der Waals surface area (Å²) in [4.78, 5) is 5.33. The number of aromatic nitrogens is 2. The van der Waals surface area contributed by atoms with Crippen molar-refractivity contribution < 1.29 is 0 Å². The zero-order valence-electron chi connectivity index (χ0n) is 9.05. The first kappa shape index (κ1) is 9.60. The van der Waals surface area contributed by atoms with Crippen LogP contribution in [0.1, 0.15) is 12.5 Å². The van der Waals surface area contributed by atoms with Crippen LogP contribution in [0.25, 0.3) is 16.2 Å². The molecule has 0 spiro atoms. The van der Waals surface area contributed by atoms with Gasteiger partial charge in [0.15, 0.2) is 4.96 Å². The second-order valence-corrected chi connectivity index (χ2v) is 4.59. The Morgan fingerprint density at radius 2 is 2.06 bits per heavy atom. The van der Waals surface area contributed by atoms with Crippen LogP contribution in [0.5, 0.6) is 0 Å². The highest BCUT2D eigenvalue weighted by molar-refractivity contribution is 7.15. The minimum atomic E-state index is 1.05. The quantitative estimate of drug-likeness (QED) is 0.654. The van der Waals surface area contributed by atoms with Crippen molar-refractivity contribution in [2.24, 2.45) is 0 Å². The van der Waals surface area contributed by atoms with Gasteiger partial charge in [0.2, 0.25) is 0 Å². The minimum absolute atomic E-state index is 1.05. The molecule has 0 aliphatic rings. The number of rotatable bonds is 2. The van der Waals surface area contributed by atoms with E-state index in [1.807, 2.05) is 12.4 Å². The molecule has 0 amide bonds. The maximum Gasteiger partial charge on any atom is 0.194 e. The van der Waals surface area contributed by atoms with Crippen LogP contribution in [0.2, 0.25) is 0 Å². The lowest BCUT2D eigenvalue weighted by Crippen LogP contribution is -1.85. The molecule has 2 aromatic heterocycles. The SMILES string of the molecule is CCc1ccc(-c2csc3nccn23)cc1. The number of benzene rings is 1. The van der Waals surface area contributed by atoms with Crippen molar-refractivity contribution in [1.29, 1.82) is 0 Å². The Morgan fingerprint density at radius 1 is 1.25 bits per heavy atom. The van der Waals surface area contributed by atoms with E-state index in [4.69, 9.17) is 0 Å². The summed E-state index contributed by atoms with van der Waals surface area (Å²) in [5.74, 6) is 0. The first-order valence-corrected chi connectivity index (χ1v) is 6.26. The van der Waals surface area contributed by atoms with E-state index in [1.54, 1.807) is 11.3 Å². The molecule has 2 heterocycles. The molecule has 80 valence electrons. The Morgan fingerprint density at radius 3 is 2.81 bits per heavy atom. The zero-order chi connectivity index (χ0) is 11.0. The van der Waals surface area contributed by atoms with Crippen LogP contribution in [-0.2, 0) is 6.42 Å². The maximum atomic E-state index is 4.28. The van der Waals surface area contributed by atoms with Crippen LogP contribution in [0.4, 0.5) is 0 Å². The molecule has 3 aromatic rings. The van der Waals surface area contributed by atoms with E-state index in [0.717, 1.165) is 11.4 Å². The van der Waals surface area contributed by atoms with Gasteiger partial charge in [0.25, 0.3) is 0 Å². The van der Waals surface area contributed by atoms with E-state index in [0.29, 0.717) is 0 Å². The number of imidazole rings is 1. The van der Waals surface area contributed by atoms with Gasteiger partial charge in [-0.05, 0) is 17.5 Å². The molecule has 0 saturated heterocycles. The highest BCUT2D eigenvalue weighted by atomic mass is 32.1. The van der Waals surface area contributed by atoms with Crippen molar-refractivity contribution in [3.63, 3.8) is 0 Å². The van der Waals surface area contributed by atoms with E-state index in [-0.39, 0.29) is 0 Å². The van der Waals surface area contributed by atoms with Crippen LogP contribution < -0.4 is 0 Å². The Balaban J connectivity index is 2.12. The van der Waals surface area contributed by atoms with E-state index >= 15 is 0 Å². The fourth-order valence-corrected chi connectivity index (χ4v) is 2.71. The van der Waals surface area contributed by atoms with Gasteiger partial charge in [0.1, 0.15) is 0 Å². The lowest BCUT2D eigenvalue weighted by molar-refractivity contribution is 1.14. The van der Waals surface area contributed by atoms with Crippen LogP contribution >= 0.6 is 11.3 Å². The standard InChI is InChI=1S/C13H12N2S/c1-2-10-3-5-11(6-4-10)12-9-16-13-14-7-8-15(12)13/h3-9H,2H2,1H3. The predicted molar refractivity (Wildman–Crippen MR) is 67.9 cm³/mol. The fourth-order valence-electron chi connectivity index (χ4n) is 1.84. The van der Waals surface area contributed by atoms with E-state index in [2.05, 4.69) is 46.0 Å². The molecule has 0 aliphatic carbocycles. The Labute approximate surface area is 98.2 Å². The molecule has 0 unspecified atom stereocenters. The second kappa shape index (κ2) is 3.76. The maximum absolute atomic E-state index is 4.28. The normalized spacial score (nSPS) is 11.1. The number of nitrogens with zero attached hydrogens (tertiary/aromatic N) is 2. The topological polar surface area (TPSA) is 17.3 Å². The molecule has 3 heteroatoms. The van der Waals surface area contributed by atoms with Crippen molar-refractivity contribution in [3.05, 3.63) is 47.6 Å². The molecule has 0 atom stereocenters. The van der Waals surface area contributed by atoms with Gasteiger partial charge in [-0.2, -0.15) is 0 Å². The number of aryl methyl sites for hydroxylation is 1. The summed E-state index contributed by atoms with van der Waals surface area (Å²) in [5, 5.41) is 2.16. The van der Waals surface area contributed by atoms with E-state index in [9.17, 15) is 0 Å². The summed E-state index contributed by atoms with van der Waals surface area (Å²) in [6.07, 6.45) is 4.94. The molecule has 0 N–H and O–H groups in total. The minimum Gasteiger partial charge on any atom is -0.290 e. The fraction of sp³-hybridized carbons (Fsp3) is 0.154. The smallest absolute Gasteiger partial charge is 0.194 e. The summed E-state index contributed by atoms with van der Waals surface area (Å²) in [6.45, 7) is 2.17. The van der Waals surface area contributed by atoms with Gasteiger partial charge in [-0.3, -0.25) is 4.40 Å². The highest BCUT2D eigenvalue weighted by Gasteiger charge is 2.05. The monoisotopic (exact) mass is 228 g/mol. The van der Waals surface area contributed by atoms with Gasteiger partial charge in [-0.25, -0.2) is 4.98 Å². The largest absolute Gasteiger partial charge is 0.290 e.